The molecule has 27 heavy (non-hydrogen) atoms. The van der Waals surface area contributed by atoms with Gasteiger partial charge in [0.05, 0.1) is 11.5 Å². The fraction of sp³-hybridized carbons (Fsp3) is 0.556. The Kier molecular flexibility index (Phi) is 7.54. The first kappa shape index (κ1) is 20.6. The highest BCUT2D eigenvalue weighted by Gasteiger charge is 2.23. The Hall–Kier alpha value is -2.68. The number of likely N-dealkylation sites (N-methyl/N-ethyl adjacent to an activating group) is 1. The van der Waals surface area contributed by atoms with Gasteiger partial charge in [-0.25, -0.2) is 4.79 Å². The number of nitro groups is 1. The summed E-state index contributed by atoms with van der Waals surface area (Å²) in [5.41, 5.74) is 0.0532. The number of amides is 3. The second-order valence-electron chi connectivity index (χ2n) is 6.39. The van der Waals surface area contributed by atoms with Crippen molar-refractivity contribution >= 4 is 23.3 Å². The van der Waals surface area contributed by atoms with Crippen molar-refractivity contribution in [2.24, 2.45) is 0 Å². The standard InChI is InChI=1S/C18H27N5O4/c1-3-21(4-2)17(24)14-20-10-7-11-22(13-12-20)18(25)19-15-8-5-6-9-16(15)23(26)27/h5-6,8-9H,3-4,7,10-14H2,1-2H3,(H,19,25). The van der Waals surface area contributed by atoms with Gasteiger partial charge in [0.1, 0.15) is 5.69 Å². The summed E-state index contributed by atoms with van der Waals surface area (Å²) >= 11 is 0. The fourth-order valence-corrected chi connectivity index (χ4v) is 3.13. The molecule has 0 saturated carbocycles. The van der Waals surface area contributed by atoms with Crippen molar-refractivity contribution in [3.63, 3.8) is 0 Å². The van der Waals surface area contributed by atoms with E-state index in [4.69, 9.17) is 0 Å². The first-order valence-electron chi connectivity index (χ1n) is 9.25. The number of nitrogens with zero attached hydrogens (tertiary/aromatic N) is 4. The summed E-state index contributed by atoms with van der Waals surface area (Å²) in [6.07, 6.45) is 0.746. The van der Waals surface area contributed by atoms with E-state index in [2.05, 4.69) is 10.2 Å². The zero-order chi connectivity index (χ0) is 19.8. The molecular formula is C18H27N5O4. The molecule has 1 aromatic rings. The average Bonchev–Trinajstić information content (AvgIpc) is 2.88. The Morgan fingerprint density at radius 1 is 1.15 bits per heavy atom. The van der Waals surface area contributed by atoms with Crippen molar-refractivity contribution in [3.05, 3.63) is 34.4 Å². The Bertz CT molecular complexity index is 677. The summed E-state index contributed by atoms with van der Waals surface area (Å²) in [5, 5.41) is 13.7. The number of anilines is 1. The van der Waals surface area contributed by atoms with E-state index in [0.29, 0.717) is 39.3 Å². The van der Waals surface area contributed by atoms with Crippen LogP contribution in [-0.2, 0) is 4.79 Å². The minimum atomic E-state index is -0.515. The quantitative estimate of drug-likeness (QED) is 0.604. The van der Waals surface area contributed by atoms with Crippen LogP contribution in [0.4, 0.5) is 16.2 Å². The highest BCUT2D eigenvalue weighted by Crippen LogP contribution is 2.23. The van der Waals surface area contributed by atoms with Gasteiger partial charge in [-0.3, -0.25) is 19.8 Å². The monoisotopic (exact) mass is 377 g/mol. The van der Waals surface area contributed by atoms with Crippen LogP contribution in [0.1, 0.15) is 20.3 Å². The largest absolute Gasteiger partial charge is 0.342 e. The zero-order valence-corrected chi connectivity index (χ0v) is 15.9. The number of carbonyl (C=O) groups excluding carboxylic acids is 2. The smallest absolute Gasteiger partial charge is 0.322 e. The third-order valence-electron chi connectivity index (χ3n) is 4.69. The zero-order valence-electron chi connectivity index (χ0n) is 15.9. The predicted octanol–water partition coefficient (Wildman–Crippen LogP) is 2.00. The van der Waals surface area contributed by atoms with Gasteiger partial charge in [-0.05, 0) is 26.3 Å². The molecule has 1 N–H and O–H groups in total. The van der Waals surface area contributed by atoms with Crippen LogP contribution in [0.15, 0.2) is 24.3 Å². The Labute approximate surface area is 159 Å². The van der Waals surface area contributed by atoms with Gasteiger partial charge >= 0.3 is 6.03 Å². The number of hydrogen-bond donors (Lipinski definition) is 1. The van der Waals surface area contributed by atoms with Gasteiger partial charge in [-0.15, -0.1) is 0 Å². The van der Waals surface area contributed by atoms with Gasteiger partial charge in [-0.2, -0.15) is 0 Å². The lowest BCUT2D eigenvalue weighted by molar-refractivity contribution is -0.383. The lowest BCUT2D eigenvalue weighted by atomic mass is 10.2. The van der Waals surface area contributed by atoms with Crippen LogP contribution in [0.3, 0.4) is 0 Å². The second kappa shape index (κ2) is 9.86. The molecule has 0 spiro atoms. The summed E-state index contributed by atoms with van der Waals surface area (Å²) in [6.45, 7) is 7.99. The highest BCUT2D eigenvalue weighted by atomic mass is 16.6. The molecule has 0 aromatic heterocycles. The van der Waals surface area contributed by atoms with Crippen molar-refractivity contribution in [3.8, 4) is 0 Å². The molecular weight excluding hydrogens is 350 g/mol. The van der Waals surface area contributed by atoms with Crippen molar-refractivity contribution < 1.29 is 14.5 Å². The molecule has 0 unspecified atom stereocenters. The van der Waals surface area contributed by atoms with E-state index in [0.717, 1.165) is 13.0 Å². The van der Waals surface area contributed by atoms with E-state index >= 15 is 0 Å². The first-order chi connectivity index (χ1) is 13.0. The lowest BCUT2D eigenvalue weighted by Crippen LogP contribution is -2.42. The van der Waals surface area contributed by atoms with Crippen molar-refractivity contribution in [1.82, 2.24) is 14.7 Å². The molecule has 9 nitrogen and oxygen atoms in total. The number of hydrogen-bond acceptors (Lipinski definition) is 5. The maximum Gasteiger partial charge on any atom is 0.322 e. The predicted molar refractivity (Wildman–Crippen MR) is 103 cm³/mol. The number of rotatable bonds is 6. The van der Waals surface area contributed by atoms with E-state index in [-0.39, 0.29) is 23.3 Å². The Morgan fingerprint density at radius 3 is 2.52 bits per heavy atom. The van der Waals surface area contributed by atoms with Crippen LogP contribution < -0.4 is 5.32 Å². The van der Waals surface area contributed by atoms with Crippen molar-refractivity contribution in [2.45, 2.75) is 20.3 Å². The first-order valence-corrected chi connectivity index (χ1v) is 9.25. The molecule has 1 aliphatic heterocycles. The molecule has 0 atom stereocenters. The van der Waals surface area contributed by atoms with E-state index in [1.807, 2.05) is 13.8 Å². The SMILES string of the molecule is CCN(CC)C(=O)CN1CCCN(C(=O)Nc2ccccc2[N+](=O)[O-])CC1. The van der Waals surface area contributed by atoms with Crippen LogP contribution in [0.5, 0.6) is 0 Å². The molecule has 148 valence electrons. The highest BCUT2D eigenvalue weighted by molar-refractivity contribution is 5.91. The van der Waals surface area contributed by atoms with E-state index < -0.39 is 4.92 Å². The molecule has 0 bridgehead atoms. The molecule has 1 fully saturated rings. The van der Waals surface area contributed by atoms with Crippen molar-refractivity contribution in [2.75, 3.05) is 51.1 Å². The number of para-hydroxylation sites is 2. The maximum atomic E-state index is 12.5. The number of urea groups is 1. The second-order valence-corrected chi connectivity index (χ2v) is 6.39. The number of nitrogens with one attached hydrogen (secondary N) is 1. The van der Waals surface area contributed by atoms with Gasteiger partial charge in [0, 0.05) is 45.3 Å². The Balaban J connectivity index is 1.93. The minimum Gasteiger partial charge on any atom is -0.342 e. The molecule has 1 heterocycles. The summed E-state index contributed by atoms with van der Waals surface area (Å²) in [4.78, 5) is 40.8. The Morgan fingerprint density at radius 2 is 1.85 bits per heavy atom. The van der Waals surface area contributed by atoms with E-state index in [9.17, 15) is 19.7 Å². The van der Waals surface area contributed by atoms with Gasteiger partial charge in [-0.1, -0.05) is 12.1 Å². The third kappa shape index (κ3) is 5.65. The van der Waals surface area contributed by atoms with Crippen LogP contribution >= 0.6 is 0 Å². The summed E-state index contributed by atoms with van der Waals surface area (Å²) in [7, 11) is 0. The van der Waals surface area contributed by atoms with E-state index in [1.54, 1.807) is 21.9 Å². The number of carbonyl (C=O) groups is 2. The number of benzene rings is 1. The molecule has 2 rings (SSSR count). The summed E-state index contributed by atoms with van der Waals surface area (Å²) in [5.74, 6) is 0.0952. The third-order valence-corrected chi connectivity index (χ3v) is 4.69. The fourth-order valence-electron chi connectivity index (χ4n) is 3.13. The molecule has 1 saturated heterocycles. The van der Waals surface area contributed by atoms with Crippen LogP contribution in [0.25, 0.3) is 0 Å². The molecule has 0 radical (unpaired) electrons. The van der Waals surface area contributed by atoms with Gasteiger partial charge < -0.3 is 15.1 Å². The van der Waals surface area contributed by atoms with Crippen LogP contribution in [0, 0.1) is 10.1 Å². The number of nitro benzene ring substituents is 1. The molecule has 1 aliphatic rings. The summed E-state index contributed by atoms with van der Waals surface area (Å²) in [6, 6.07) is 5.72. The van der Waals surface area contributed by atoms with Gasteiger partial charge in [0.15, 0.2) is 0 Å². The minimum absolute atomic E-state index is 0.0952. The average molecular weight is 377 g/mol. The maximum absolute atomic E-state index is 12.5. The summed E-state index contributed by atoms with van der Waals surface area (Å²) < 4.78 is 0. The molecule has 3 amide bonds. The molecule has 1 aromatic carbocycles. The van der Waals surface area contributed by atoms with Crippen LogP contribution in [0.2, 0.25) is 0 Å². The van der Waals surface area contributed by atoms with E-state index in [1.165, 1.54) is 12.1 Å². The van der Waals surface area contributed by atoms with Crippen LogP contribution in [-0.4, -0.2) is 77.4 Å². The van der Waals surface area contributed by atoms with Gasteiger partial charge in [0.25, 0.3) is 5.69 Å². The topological polar surface area (TPSA) is 99.0 Å². The normalized spacial score (nSPS) is 15.1. The lowest BCUT2D eigenvalue weighted by Gasteiger charge is -2.25. The van der Waals surface area contributed by atoms with Crippen molar-refractivity contribution in [1.29, 1.82) is 0 Å². The molecule has 9 heteroatoms. The van der Waals surface area contributed by atoms with Gasteiger partial charge in [0.2, 0.25) is 5.91 Å². The molecule has 0 aliphatic carbocycles.